The van der Waals surface area contributed by atoms with Gasteiger partial charge in [0.1, 0.15) is 0 Å². The number of halogens is 1. The maximum Gasteiger partial charge on any atom is 0.0850 e. The van der Waals surface area contributed by atoms with E-state index < -0.39 is 0 Å². The summed E-state index contributed by atoms with van der Waals surface area (Å²) in [4.78, 5) is 1.36. The molecule has 1 aromatic carbocycles. The van der Waals surface area contributed by atoms with Crippen molar-refractivity contribution in [3.63, 3.8) is 0 Å². The molecule has 0 amide bonds. The Morgan fingerprint density at radius 1 is 1.48 bits per heavy atom. The highest BCUT2D eigenvalue weighted by Gasteiger charge is 2.29. The molecule has 2 aromatic rings. The molecule has 2 heterocycles. The maximum absolute atomic E-state index is 6.50. The second kappa shape index (κ2) is 6.03. The van der Waals surface area contributed by atoms with Crippen molar-refractivity contribution in [2.24, 2.45) is 12.8 Å². The van der Waals surface area contributed by atoms with Crippen LogP contribution in [0.25, 0.3) is 0 Å². The Labute approximate surface area is 134 Å². The Bertz CT molecular complexity index is 653. The zero-order chi connectivity index (χ0) is 15.0. The molecule has 3 nitrogen and oxygen atoms in total. The standard InChI is InChI=1S/C16H20ClN3S/c1-3-13-16(17)14(20(2)19-13)8-12(18)11-9-21-15-7-5-4-6-10(11)15/h4-7,11-12H,3,8-9,18H2,1-2H3. The van der Waals surface area contributed by atoms with Crippen LogP contribution < -0.4 is 5.73 Å². The van der Waals surface area contributed by atoms with E-state index in [0.717, 1.165) is 35.0 Å². The Hall–Kier alpha value is -0.970. The van der Waals surface area contributed by atoms with Gasteiger partial charge in [-0.25, -0.2) is 0 Å². The summed E-state index contributed by atoms with van der Waals surface area (Å²) in [5.74, 6) is 1.44. The second-order valence-corrected chi connectivity index (χ2v) is 6.95. The minimum Gasteiger partial charge on any atom is -0.327 e. The van der Waals surface area contributed by atoms with Gasteiger partial charge in [0.05, 0.1) is 16.4 Å². The van der Waals surface area contributed by atoms with Gasteiger partial charge in [0.15, 0.2) is 0 Å². The second-order valence-electron chi connectivity index (χ2n) is 5.51. The lowest BCUT2D eigenvalue weighted by Crippen LogP contribution is -2.31. The highest BCUT2D eigenvalue weighted by molar-refractivity contribution is 7.99. The molecule has 0 aliphatic carbocycles. The number of thioether (sulfide) groups is 1. The number of rotatable bonds is 4. The number of nitrogens with two attached hydrogens (primary N) is 1. The molecule has 3 rings (SSSR count). The van der Waals surface area contributed by atoms with Crippen molar-refractivity contribution in [1.82, 2.24) is 9.78 Å². The first-order chi connectivity index (χ1) is 10.1. The van der Waals surface area contributed by atoms with E-state index in [0.29, 0.717) is 5.92 Å². The molecule has 1 aliphatic rings. The number of fused-ring (bicyclic) bond motifs is 1. The lowest BCUT2D eigenvalue weighted by molar-refractivity contribution is 0.547. The molecule has 0 spiro atoms. The van der Waals surface area contributed by atoms with E-state index in [1.807, 2.05) is 23.5 Å². The van der Waals surface area contributed by atoms with E-state index in [-0.39, 0.29) is 6.04 Å². The van der Waals surface area contributed by atoms with Gasteiger partial charge in [-0.05, 0) is 18.1 Å². The average Bonchev–Trinajstić information content (AvgIpc) is 3.03. The number of aryl methyl sites for hydroxylation is 2. The largest absolute Gasteiger partial charge is 0.327 e. The maximum atomic E-state index is 6.50. The molecule has 2 N–H and O–H groups in total. The summed E-state index contributed by atoms with van der Waals surface area (Å²) in [6.45, 7) is 2.07. The topological polar surface area (TPSA) is 43.8 Å². The van der Waals surface area contributed by atoms with Gasteiger partial charge in [-0.2, -0.15) is 5.10 Å². The van der Waals surface area contributed by atoms with E-state index in [2.05, 4.69) is 36.3 Å². The van der Waals surface area contributed by atoms with Gasteiger partial charge in [-0.3, -0.25) is 4.68 Å². The highest BCUT2D eigenvalue weighted by atomic mass is 35.5. The van der Waals surface area contributed by atoms with Crippen LogP contribution in [0.2, 0.25) is 5.02 Å². The summed E-state index contributed by atoms with van der Waals surface area (Å²) in [5.41, 5.74) is 9.89. The SMILES string of the molecule is CCc1nn(C)c(CC(N)C2CSc3ccccc32)c1Cl. The van der Waals surface area contributed by atoms with E-state index >= 15 is 0 Å². The van der Waals surface area contributed by atoms with Crippen molar-refractivity contribution in [3.8, 4) is 0 Å². The minimum atomic E-state index is 0.0683. The van der Waals surface area contributed by atoms with E-state index in [9.17, 15) is 0 Å². The van der Waals surface area contributed by atoms with Crippen LogP contribution in [-0.2, 0) is 19.9 Å². The molecule has 112 valence electrons. The van der Waals surface area contributed by atoms with Crippen LogP contribution in [0.15, 0.2) is 29.2 Å². The van der Waals surface area contributed by atoms with E-state index in [1.54, 1.807) is 0 Å². The van der Waals surface area contributed by atoms with Gasteiger partial charge < -0.3 is 5.73 Å². The van der Waals surface area contributed by atoms with Crippen LogP contribution in [0.5, 0.6) is 0 Å². The van der Waals surface area contributed by atoms with Crippen LogP contribution in [0, 0.1) is 0 Å². The smallest absolute Gasteiger partial charge is 0.0850 e. The van der Waals surface area contributed by atoms with Crippen LogP contribution in [0.4, 0.5) is 0 Å². The zero-order valence-corrected chi connectivity index (χ0v) is 13.9. The van der Waals surface area contributed by atoms with Gasteiger partial charge in [0, 0.05) is 36.1 Å². The number of benzene rings is 1. The van der Waals surface area contributed by atoms with Crippen molar-refractivity contribution < 1.29 is 0 Å². The molecule has 0 fully saturated rings. The summed E-state index contributed by atoms with van der Waals surface area (Å²) in [6, 6.07) is 8.63. The molecule has 21 heavy (non-hydrogen) atoms. The highest BCUT2D eigenvalue weighted by Crippen LogP contribution is 2.41. The number of aromatic nitrogens is 2. The van der Waals surface area contributed by atoms with Crippen LogP contribution >= 0.6 is 23.4 Å². The molecule has 1 aromatic heterocycles. The fourth-order valence-electron chi connectivity index (χ4n) is 2.95. The molecule has 0 radical (unpaired) electrons. The van der Waals surface area contributed by atoms with Gasteiger partial charge in [-0.1, -0.05) is 36.7 Å². The van der Waals surface area contributed by atoms with E-state index in [1.165, 1.54) is 10.5 Å². The summed E-state index contributed by atoms with van der Waals surface area (Å²) < 4.78 is 1.88. The molecule has 0 bridgehead atoms. The molecule has 0 saturated carbocycles. The average molecular weight is 322 g/mol. The molecule has 2 atom stereocenters. The number of nitrogens with zero attached hydrogens (tertiary/aromatic N) is 2. The third-order valence-electron chi connectivity index (χ3n) is 4.19. The third kappa shape index (κ3) is 2.72. The fourth-order valence-corrected chi connectivity index (χ4v) is 4.67. The first-order valence-corrected chi connectivity index (χ1v) is 8.65. The van der Waals surface area contributed by atoms with Gasteiger partial charge >= 0.3 is 0 Å². The molecule has 0 saturated heterocycles. The first kappa shape index (κ1) is 14.9. The van der Waals surface area contributed by atoms with Crippen molar-refractivity contribution >= 4 is 23.4 Å². The summed E-state index contributed by atoms with van der Waals surface area (Å²) in [5, 5.41) is 5.26. The molecular formula is C16H20ClN3S. The third-order valence-corrected chi connectivity index (χ3v) is 5.83. The van der Waals surface area contributed by atoms with Crippen LogP contribution in [-0.4, -0.2) is 21.6 Å². The fraction of sp³-hybridized carbons (Fsp3) is 0.438. The first-order valence-electron chi connectivity index (χ1n) is 7.29. The number of hydrogen-bond acceptors (Lipinski definition) is 3. The van der Waals surface area contributed by atoms with Gasteiger partial charge in [0.25, 0.3) is 0 Å². The summed E-state index contributed by atoms with van der Waals surface area (Å²) in [7, 11) is 1.95. The molecule has 5 heteroatoms. The van der Waals surface area contributed by atoms with Gasteiger partial charge in [0.2, 0.25) is 0 Å². The summed E-state index contributed by atoms with van der Waals surface area (Å²) in [6.07, 6.45) is 1.62. The molecule has 1 aliphatic heterocycles. The van der Waals surface area contributed by atoms with Crippen LogP contribution in [0.1, 0.15) is 29.8 Å². The monoisotopic (exact) mass is 321 g/mol. The quantitative estimate of drug-likeness (QED) is 0.938. The summed E-state index contributed by atoms with van der Waals surface area (Å²) >= 11 is 8.33. The van der Waals surface area contributed by atoms with Crippen molar-refractivity contribution in [2.45, 2.75) is 36.6 Å². The van der Waals surface area contributed by atoms with Gasteiger partial charge in [-0.15, -0.1) is 11.8 Å². The molecular weight excluding hydrogens is 302 g/mol. The van der Waals surface area contributed by atoms with Crippen LogP contribution in [0.3, 0.4) is 0 Å². The predicted molar refractivity (Wildman–Crippen MR) is 89.2 cm³/mol. The normalized spacial score (nSPS) is 18.8. The lowest BCUT2D eigenvalue weighted by atomic mass is 9.91. The van der Waals surface area contributed by atoms with Crippen molar-refractivity contribution in [3.05, 3.63) is 46.2 Å². The zero-order valence-electron chi connectivity index (χ0n) is 12.3. The minimum absolute atomic E-state index is 0.0683. The Balaban J connectivity index is 1.82. The Morgan fingerprint density at radius 2 is 2.24 bits per heavy atom. The van der Waals surface area contributed by atoms with Crippen molar-refractivity contribution in [1.29, 1.82) is 0 Å². The lowest BCUT2D eigenvalue weighted by Gasteiger charge is -2.20. The molecule has 2 unspecified atom stereocenters. The number of hydrogen-bond donors (Lipinski definition) is 1. The predicted octanol–water partition coefficient (Wildman–Crippen LogP) is 3.40. The van der Waals surface area contributed by atoms with Crippen molar-refractivity contribution in [2.75, 3.05) is 5.75 Å². The Morgan fingerprint density at radius 3 is 2.95 bits per heavy atom. The Kier molecular flexibility index (Phi) is 4.29. The van der Waals surface area contributed by atoms with E-state index in [4.69, 9.17) is 17.3 Å².